The van der Waals surface area contributed by atoms with E-state index in [-0.39, 0.29) is 11.5 Å². The molecule has 2 aromatic rings. The van der Waals surface area contributed by atoms with Gasteiger partial charge in [-0.1, -0.05) is 38.1 Å². The number of fused-ring (bicyclic) bond motifs is 1. The quantitative estimate of drug-likeness (QED) is 0.875. The summed E-state index contributed by atoms with van der Waals surface area (Å²) in [6, 6.07) is 13.1. The Bertz CT molecular complexity index is 603. The molecule has 1 saturated carbocycles. The Morgan fingerprint density at radius 2 is 1.67 bits per heavy atom. The highest BCUT2D eigenvalue weighted by Gasteiger charge is 2.56. The van der Waals surface area contributed by atoms with Crippen molar-refractivity contribution in [3.05, 3.63) is 42.0 Å². The number of ether oxygens (including phenoxy) is 1. The molecule has 0 saturated heterocycles. The zero-order valence-corrected chi connectivity index (χ0v) is 11.1. The first-order valence-corrected chi connectivity index (χ1v) is 6.37. The molecule has 0 radical (unpaired) electrons. The molecule has 0 heterocycles. The molecule has 18 heavy (non-hydrogen) atoms. The van der Waals surface area contributed by atoms with Gasteiger partial charge >= 0.3 is 0 Å². The molecule has 1 aliphatic rings. The Morgan fingerprint density at radius 3 is 2.28 bits per heavy atom. The molecule has 2 heteroatoms. The predicted octanol–water partition coefficient (Wildman–Crippen LogP) is 3.30. The van der Waals surface area contributed by atoms with Crippen LogP contribution in [0.25, 0.3) is 10.8 Å². The van der Waals surface area contributed by atoms with E-state index in [0.717, 1.165) is 5.75 Å². The summed E-state index contributed by atoms with van der Waals surface area (Å²) in [4.78, 5) is 0. The zero-order valence-electron chi connectivity index (χ0n) is 11.1. The van der Waals surface area contributed by atoms with Gasteiger partial charge in [-0.05, 0) is 33.9 Å². The highest BCUT2D eigenvalue weighted by molar-refractivity contribution is 5.84. The minimum absolute atomic E-state index is 0.236. The molecular weight excluding hydrogens is 222 g/mol. The fourth-order valence-electron chi connectivity index (χ4n) is 2.88. The molecule has 0 aromatic heterocycles. The summed E-state index contributed by atoms with van der Waals surface area (Å²) in [5.41, 5.74) is 7.73. The third-order valence-corrected chi connectivity index (χ3v) is 4.34. The van der Waals surface area contributed by atoms with Crippen molar-refractivity contribution >= 4 is 10.8 Å². The topological polar surface area (TPSA) is 35.2 Å². The second-order valence-corrected chi connectivity index (χ2v) is 5.80. The van der Waals surface area contributed by atoms with Gasteiger partial charge < -0.3 is 10.5 Å². The van der Waals surface area contributed by atoms with E-state index in [1.165, 1.54) is 16.3 Å². The van der Waals surface area contributed by atoms with Crippen molar-refractivity contribution in [3.8, 4) is 5.75 Å². The van der Waals surface area contributed by atoms with E-state index >= 15 is 0 Å². The van der Waals surface area contributed by atoms with Gasteiger partial charge in [-0.3, -0.25) is 0 Å². The summed E-state index contributed by atoms with van der Waals surface area (Å²) in [6.07, 6.45) is 0. The van der Waals surface area contributed by atoms with Crippen LogP contribution in [-0.4, -0.2) is 13.2 Å². The summed E-state index contributed by atoms with van der Waals surface area (Å²) >= 11 is 0. The lowest BCUT2D eigenvalue weighted by Crippen LogP contribution is -2.06. The van der Waals surface area contributed by atoms with Crippen molar-refractivity contribution in [2.45, 2.75) is 25.8 Å². The van der Waals surface area contributed by atoms with Gasteiger partial charge in [0.15, 0.2) is 0 Å². The SMILES string of the molecule is COc1ccc2cc(C3C(N)C3(C)C)ccc2c1. The van der Waals surface area contributed by atoms with Crippen LogP contribution < -0.4 is 10.5 Å². The monoisotopic (exact) mass is 241 g/mol. The van der Waals surface area contributed by atoms with Crippen LogP contribution in [0.15, 0.2) is 36.4 Å². The molecule has 2 atom stereocenters. The largest absolute Gasteiger partial charge is 0.497 e. The Labute approximate surface area is 108 Å². The van der Waals surface area contributed by atoms with E-state index in [0.29, 0.717) is 5.92 Å². The highest BCUT2D eigenvalue weighted by Crippen LogP contribution is 2.57. The van der Waals surface area contributed by atoms with E-state index in [1.807, 2.05) is 6.07 Å². The van der Waals surface area contributed by atoms with E-state index in [4.69, 9.17) is 10.5 Å². The van der Waals surface area contributed by atoms with Crippen molar-refractivity contribution in [1.29, 1.82) is 0 Å². The van der Waals surface area contributed by atoms with Gasteiger partial charge in [0.25, 0.3) is 0 Å². The molecule has 2 aromatic carbocycles. The molecule has 0 amide bonds. The maximum atomic E-state index is 6.15. The molecule has 1 fully saturated rings. The van der Waals surface area contributed by atoms with Crippen LogP contribution in [0.5, 0.6) is 5.75 Å². The Hall–Kier alpha value is -1.54. The summed E-state index contributed by atoms with van der Waals surface area (Å²) in [7, 11) is 1.70. The van der Waals surface area contributed by atoms with Crippen molar-refractivity contribution < 1.29 is 4.74 Å². The van der Waals surface area contributed by atoms with Gasteiger partial charge in [0.05, 0.1) is 7.11 Å². The molecule has 0 spiro atoms. The standard InChI is InChI=1S/C16H19NO/c1-16(2)14(15(16)17)12-5-4-11-9-13(18-3)7-6-10(11)8-12/h4-9,14-15H,17H2,1-3H3. The lowest BCUT2D eigenvalue weighted by molar-refractivity contribution is 0.415. The van der Waals surface area contributed by atoms with Gasteiger partial charge in [0.1, 0.15) is 5.75 Å². The maximum Gasteiger partial charge on any atom is 0.119 e. The molecule has 94 valence electrons. The number of hydrogen-bond donors (Lipinski definition) is 1. The van der Waals surface area contributed by atoms with Crippen LogP contribution in [-0.2, 0) is 0 Å². The average Bonchev–Trinajstić information content (AvgIpc) is 2.87. The number of rotatable bonds is 2. The highest BCUT2D eigenvalue weighted by atomic mass is 16.5. The molecule has 3 rings (SSSR count). The van der Waals surface area contributed by atoms with Crippen molar-refractivity contribution in [1.82, 2.24) is 0 Å². The number of nitrogens with two attached hydrogens (primary N) is 1. The summed E-state index contributed by atoms with van der Waals surface area (Å²) in [5, 5.41) is 2.47. The fraction of sp³-hybridized carbons (Fsp3) is 0.375. The second-order valence-electron chi connectivity index (χ2n) is 5.80. The van der Waals surface area contributed by atoms with E-state index < -0.39 is 0 Å². The summed E-state index contributed by atoms with van der Waals surface area (Å²) < 4.78 is 5.24. The molecule has 0 bridgehead atoms. The van der Waals surface area contributed by atoms with E-state index in [2.05, 4.69) is 44.2 Å². The number of benzene rings is 2. The lowest BCUT2D eigenvalue weighted by atomic mass is 10.00. The van der Waals surface area contributed by atoms with Crippen LogP contribution in [0.3, 0.4) is 0 Å². The van der Waals surface area contributed by atoms with Crippen molar-refractivity contribution in [2.75, 3.05) is 7.11 Å². The van der Waals surface area contributed by atoms with E-state index in [9.17, 15) is 0 Å². The molecule has 2 unspecified atom stereocenters. The first-order chi connectivity index (χ1) is 8.54. The average molecular weight is 241 g/mol. The van der Waals surface area contributed by atoms with Gasteiger partial charge in [0, 0.05) is 12.0 Å². The van der Waals surface area contributed by atoms with Crippen LogP contribution >= 0.6 is 0 Å². The minimum Gasteiger partial charge on any atom is -0.497 e. The molecule has 0 aliphatic heterocycles. The summed E-state index contributed by atoms with van der Waals surface area (Å²) in [6.45, 7) is 4.47. The Morgan fingerprint density at radius 1 is 1.06 bits per heavy atom. The molecular formula is C16H19NO. The maximum absolute atomic E-state index is 6.15. The van der Waals surface area contributed by atoms with Crippen LogP contribution in [0, 0.1) is 5.41 Å². The normalized spacial score (nSPS) is 25.1. The molecule has 1 aliphatic carbocycles. The number of hydrogen-bond acceptors (Lipinski definition) is 2. The number of methoxy groups -OCH3 is 1. The van der Waals surface area contributed by atoms with Crippen LogP contribution in [0.4, 0.5) is 0 Å². The fourth-order valence-corrected chi connectivity index (χ4v) is 2.88. The van der Waals surface area contributed by atoms with Crippen LogP contribution in [0.2, 0.25) is 0 Å². The molecule has 2 N–H and O–H groups in total. The minimum atomic E-state index is 0.236. The Kier molecular flexibility index (Phi) is 2.39. The third kappa shape index (κ3) is 1.60. The predicted molar refractivity (Wildman–Crippen MR) is 75.0 cm³/mol. The zero-order chi connectivity index (χ0) is 12.9. The van der Waals surface area contributed by atoms with Gasteiger partial charge in [-0.25, -0.2) is 0 Å². The van der Waals surface area contributed by atoms with Crippen molar-refractivity contribution in [2.24, 2.45) is 11.1 Å². The first kappa shape index (κ1) is 11.5. The van der Waals surface area contributed by atoms with Gasteiger partial charge in [-0.15, -0.1) is 0 Å². The van der Waals surface area contributed by atoms with Crippen LogP contribution in [0.1, 0.15) is 25.3 Å². The third-order valence-electron chi connectivity index (χ3n) is 4.34. The smallest absolute Gasteiger partial charge is 0.119 e. The lowest BCUT2D eigenvalue weighted by Gasteiger charge is -2.06. The van der Waals surface area contributed by atoms with Gasteiger partial charge in [0.2, 0.25) is 0 Å². The molecule has 2 nitrogen and oxygen atoms in total. The Balaban J connectivity index is 2.03. The van der Waals surface area contributed by atoms with Gasteiger partial charge in [-0.2, -0.15) is 0 Å². The van der Waals surface area contributed by atoms with E-state index in [1.54, 1.807) is 7.11 Å². The second kappa shape index (κ2) is 3.72. The first-order valence-electron chi connectivity index (χ1n) is 6.37. The summed E-state index contributed by atoms with van der Waals surface area (Å²) in [5.74, 6) is 1.39. The van der Waals surface area contributed by atoms with Crippen molar-refractivity contribution in [3.63, 3.8) is 0 Å².